The molecule has 2 amide bonds. The lowest BCUT2D eigenvalue weighted by molar-refractivity contribution is -0.115. The Hall–Kier alpha value is -3.45. The maximum absolute atomic E-state index is 12.8. The van der Waals surface area contributed by atoms with E-state index in [1.54, 1.807) is 13.8 Å². The largest absolute Gasteiger partial charge is 0.462 e. The van der Waals surface area contributed by atoms with E-state index in [0.29, 0.717) is 22.0 Å². The molecule has 3 aromatic rings. The molecule has 0 unspecified atom stereocenters. The van der Waals surface area contributed by atoms with Crippen LogP contribution in [0.1, 0.15) is 43.6 Å². The van der Waals surface area contributed by atoms with Gasteiger partial charge in [-0.15, -0.1) is 11.3 Å². The fourth-order valence-corrected chi connectivity index (χ4v) is 4.21. The number of carbonyl (C=O) groups excluding carboxylic acids is 3. The van der Waals surface area contributed by atoms with Crippen LogP contribution < -0.4 is 10.6 Å². The van der Waals surface area contributed by atoms with E-state index < -0.39 is 5.97 Å². The second-order valence-electron chi connectivity index (χ2n) is 6.86. The second kappa shape index (κ2) is 10.5. The zero-order chi connectivity index (χ0) is 22.2. The minimum absolute atomic E-state index is 0.162. The van der Waals surface area contributed by atoms with Crippen LogP contribution in [0, 0.1) is 6.92 Å². The summed E-state index contributed by atoms with van der Waals surface area (Å²) in [6.07, 6.45) is 0.162. The van der Waals surface area contributed by atoms with E-state index in [1.807, 2.05) is 60.7 Å². The quantitative estimate of drug-likeness (QED) is 0.515. The molecule has 0 saturated carbocycles. The molecule has 160 valence electrons. The number of esters is 1. The fourth-order valence-electron chi connectivity index (χ4n) is 3.08. The van der Waals surface area contributed by atoms with Gasteiger partial charge in [-0.2, -0.15) is 0 Å². The van der Waals surface area contributed by atoms with Gasteiger partial charge < -0.3 is 15.4 Å². The van der Waals surface area contributed by atoms with Crippen molar-refractivity contribution >= 4 is 34.1 Å². The summed E-state index contributed by atoms with van der Waals surface area (Å²) in [4.78, 5) is 38.3. The molecule has 6 nitrogen and oxygen atoms in total. The molecule has 0 saturated heterocycles. The van der Waals surface area contributed by atoms with Crippen molar-refractivity contribution in [1.29, 1.82) is 0 Å². The highest BCUT2D eigenvalue weighted by atomic mass is 32.1. The molecule has 0 fully saturated rings. The van der Waals surface area contributed by atoms with E-state index >= 15 is 0 Å². The number of anilines is 1. The second-order valence-corrected chi connectivity index (χ2v) is 7.88. The van der Waals surface area contributed by atoms with Crippen LogP contribution in [-0.4, -0.2) is 24.4 Å². The maximum atomic E-state index is 12.8. The number of ether oxygens (including phenoxy) is 1. The highest BCUT2D eigenvalue weighted by Crippen LogP contribution is 2.34. The summed E-state index contributed by atoms with van der Waals surface area (Å²) in [6, 6.07) is 18.8. The Morgan fingerprint density at radius 1 is 0.935 bits per heavy atom. The third-order valence-corrected chi connectivity index (χ3v) is 5.79. The number of hydrogen-bond donors (Lipinski definition) is 2. The Labute approximate surface area is 185 Å². The molecule has 0 aliphatic heterocycles. The third kappa shape index (κ3) is 5.79. The number of benzene rings is 2. The number of rotatable bonds is 8. The molecule has 0 spiro atoms. The van der Waals surface area contributed by atoms with E-state index in [0.717, 1.165) is 22.5 Å². The molecule has 0 radical (unpaired) electrons. The first kappa shape index (κ1) is 22.2. The first-order valence-corrected chi connectivity index (χ1v) is 10.8. The van der Waals surface area contributed by atoms with Gasteiger partial charge in [0.15, 0.2) is 0 Å². The van der Waals surface area contributed by atoms with E-state index in [4.69, 9.17) is 4.74 Å². The molecule has 1 heterocycles. The standard InChI is InChI=1S/C24H24N2O4S/c1-3-30-24(29)20-16(2)21(22(28)25-15-18-12-8-5-9-13-18)31-23(20)26-19(27)14-17-10-6-4-7-11-17/h4-13H,3,14-15H2,1-2H3,(H,25,28)(H,26,27). The molecule has 3 rings (SSSR count). The number of hydrogen-bond acceptors (Lipinski definition) is 5. The highest BCUT2D eigenvalue weighted by Gasteiger charge is 2.26. The summed E-state index contributed by atoms with van der Waals surface area (Å²) in [5, 5.41) is 5.98. The van der Waals surface area contributed by atoms with Gasteiger partial charge in [0.05, 0.1) is 23.5 Å². The average Bonchev–Trinajstić information content (AvgIpc) is 3.09. The lowest BCUT2D eigenvalue weighted by Gasteiger charge is -2.07. The zero-order valence-corrected chi connectivity index (χ0v) is 18.3. The van der Waals surface area contributed by atoms with Crippen LogP contribution in [0.25, 0.3) is 0 Å². The van der Waals surface area contributed by atoms with Gasteiger partial charge in [-0.05, 0) is 30.5 Å². The minimum atomic E-state index is -0.562. The fraction of sp³-hybridized carbons (Fsp3) is 0.208. The summed E-state index contributed by atoms with van der Waals surface area (Å²) in [5.74, 6) is -1.14. The molecule has 0 atom stereocenters. The highest BCUT2D eigenvalue weighted by molar-refractivity contribution is 7.18. The van der Waals surface area contributed by atoms with E-state index in [2.05, 4.69) is 10.6 Å². The van der Waals surface area contributed by atoms with Crippen molar-refractivity contribution in [2.45, 2.75) is 26.8 Å². The SMILES string of the molecule is CCOC(=O)c1c(NC(=O)Cc2ccccc2)sc(C(=O)NCc2ccccc2)c1C. The molecule has 1 aromatic heterocycles. The van der Waals surface area contributed by atoms with E-state index in [1.165, 1.54) is 0 Å². The topological polar surface area (TPSA) is 84.5 Å². The first-order chi connectivity index (χ1) is 15.0. The smallest absolute Gasteiger partial charge is 0.341 e. The van der Waals surface area contributed by atoms with Gasteiger partial charge in [-0.3, -0.25) is 9.59 Å². The molecule has 0 aliphatic rings. The number of carbonyl (C=O) groups is 3. The molecule has 31 heavy (non-hydrogen) atoms. The van der Waals surface area contributed by atoms with Gasteiger partial charge in [0.1, 0.15) is 5.00 Å². The van der Waals surface area contributed by atoms with Gasteiger partial charge in [0.25, 0.3) is 5.91 Å². The third-order valence-electron chi connectivity index (χ3n) is 4.59. The van der Waals surface area contributed by atoms with Crippen LogP contribution in [0.4, 0.5) is 5.00 Å². The molecular formula is C24H24N2O4S. The molecule has 2 N–H and O–H groups in total. The number of thiophene rings is 1. The predicted octanol–water partition coefficient (Wildman–Crippen LogP) is 4.34. The van der Waals surface area contributed by atoms with Gasteiger partial charge in [0.2, 0.25) is 5.91 Å². The molecular weight excluding hydrogens is 412 g/mol. The van der Waals surface area contributed by atoms with Gasteiger partial charge in [-0.1, -0.05) is 60.7 Å². The van der Waals surface area contributed by atoms with E-state index in [-0.39, 0.29) is 30.4 Å². The summed E-state index contributed by atoms with van der Waals surface area (Å²) in [7, 11) is 0. The van der Waals surface area contributed by atoms with Crippen molar-refractivity contribution < 1.29 is 19.1 Å². The van der Waals surface area contributed by atoms with Crippen molar-refractivity contribution in [2.75, 3.05) is 11.9 Å². The van der Waals surface area contributed by atoms with Crippen molar-refractivity contribution in [3.05, 3.63) is 87.8 Å². The average molecular weight is 437 g/mol. The van der Waals surface area contributed by atoms with E-state index in [9.17, 15) is 14.4 Å². The normalized spacial score (nSPS) is 10.4. The van der Waals surface area contributed by atoms with Crippen molar-refractivity contribution in [1.82, 2.24) is 5.32 Å². The Kier molecular flexibility index (Phi) is 7.56. The summed E-state index contributed by atoms with van der Waals surface area (Å²) >= 11 is 1.08. The minimum Gasteiger partial charge on any atom is -0.462 e. The Morgan fingerprint density at radius 2 is 1.55 bits per heavy atom. The Balaban J connectivity index is 1.81. The lowest BCUT2D eigenvalue weighted by atomic mass is 10.1. The predicted molar refractivity (Wildman–Crippen MR) is 121 cm³/mol. The summed E-state index contributed by atoms with van der Waals surface area (Å²) in [6.45, 7) is 3.95. The number of nitrogens with one attached hydrogen (secondary N) is 2. The summed E-state index contributed by atoms with van der Waals surface area (Å²) in [5.41, 5.74) is 2.53. The van der Waals surface area contributed by atoms with Crippen molar-refractivity contribution in [3.63, 3.8) is 0 Å². The molecule has 7 heteroatoms. The maximum Gasteiger partial charge on any atom is 0.341 e. The molecule has 2 aromatic carbocycles. The van der Waals surface area contributed by atoms with Gasteiger partial charge in [0, 0.05) is 6.54 Å². The van der Waals surface area contributed by atoms with Crippen LogP contribution in [0.2, 0.25) is 0 Å². The van der Waals surface area contributed by atoms with Crippen LogP contribution in [0.3, 0.4) is 0 Å². The Bertz CT molecular complexity index is 1060. The van der Waals surface area contributed by atoms with Crippen molar-refractivity contribution in [2.24, 2.45) is 0 Å². The first-order valence-electron chi connectivity index (χ1n) is 9.96. The Morgan fingerprint density at radius 3 is 2.16 bits per heavy atom. The van der Waals surface area contributed by atoms with Crippen LogP contribution >= 0.6 is 11.3 Å². The lowest BCUT2D eigenvalue weighted by Crippen LogP contribution is -2.22. The van der Waals surface area contributed by atoms with Crippen LogP contribution in [0.5, 0.6) is 0 Å². The summed E-state index contributed by atoms with van der Waals surface area (Å²) < 4.78 is 5.16. The van der Waals surface area contributed by atoms with Gasteiger partial charge >= 0.3 is 5.97 Å². The van der Waals surface area contributed by atoms with Crippen molar-refractivity contribution in [3.8, 4) is 0 Å². The van der Waals surface area contributed by atoms with Crippen LogP contribution in [-0.2, 0) is 22.5 Å². The zero-order valence-electron chi connectivity index (χ0n) is 17.4. The monoisotopic (exact) mass is 436 g/mol. The molecule has 0 aliphatic carbocycles. The molecule has 0 bridgehead atoms. The van der Waals surface area contributed by atoms with Gasteiger partial charge in [-0.25, -0.2) is 4.79 Å². The number of amides is 2. The van der Waals surface area contributed by atoms with Crippen LogP contribution in [0.15, 0.2) is 60.7 Å².